The van der Waals surface area contributed by atoms with E-state index < -0.39 is 14.9 Å². The molecule has 0 saturated carbocycles. The van der Waals surface area contributed by atoms with Crippen molar-refractivity contribution in [3.63, 3.8) is 0 Å². The van der Waals surface area contributed by atoms with Gasteiger partial charge in [-0.15, -0.1) is 11.3 Å². The summed E-state index contributed by atoms with van der Waals surface area (Å²) < 4.78 is 27.4. The lowest BCUT2D eigenvalue weighted by Gasteiger charge is -2.32. The monoisotopic (exact) mass is 462 g/mol. The summed E-state index contributed by atoms with van der Waals surface area (Å²) in [5.74, 6) is 0. The molecule has 12 heteroatoms. The number of hydrogen-bond donors (Lipinski definition) is 1. The zero-order valence-electron chi connectivity index (χ0n) is 16.9. The molecule has 1 saturated heterocycles. The van der Waals surface area contributed by atoms with E-state index in [0.29, 0.717) is 61.9 Å². The Morgan fingerprint density at radius 2 is 1.94 bits per heavy atom. The fourth-order valence-electron chi connectivity index (χ4n) is 4.01. The fourth-order valence-corrected chi connectivity index (χ4v) is 6.53. The van der Waals surface area contributed by atoms with E-state index in [1.54, 1.807) is 0 Å². The summed E-state index contributed by atoms with van der Waals surface area (Å²) >= 11 is 1.32. The van der Waals surface area contributed by atoms with Crippen LogP contribution in [0.3, 0.4) is 0 Å². The van der Waals surface area contributed by atoms with E-state index in [0.717, 1.165) is 16.5 Å². The quantitative estimate of drug-likeness (QED) is 0.534. The summed E-state index contributed by atoms with van der Waals surface area (Å²) in [6.07, 6.45) is 0.546. The Bertz CT molecular complexity index is 1180. The van der Waals surface area contributed by atoms with Crippen molar-refractivity contribution in [2.24, 2.45) is 0 Å². The van der Waals surface area contributed by atoms with Crippen LogP contribution >= 0.6 is 11.3 Å². The molecule has 1 aromatic carbocycles. The van der Waals surface area contributed by atoms with E-state index >= 15 is 0 Å². The Morgan fingerprint density at radius 1 is 1.23 bits per heavy atom. The number of hydrogen-bond acceptors (Lipinski definition) is 9. The smallest absolute Gasteiger partial charge is 0.293 e. The van der Waals surface area contributed by atoms with Gasteiger partial charge in [0.1, 0.15) is 16.8 Å². The highest BCUT2D eigenvalue weighted by molar-refractivity contribution is 7.89. The predicted octanol–water partition coefficient (Wildman–Crippen LogP) is 1.61. The number of nitro groups is 1. The van der Waals surface area contributed by atoms with Crippen molar-refractivity contribution in [2.75, 3.05) is 50.4 Å². The number of fused-ring (bicyclic) bond motifs is 1. The number of nitriles is 1. The van der Waals surface area contributed by atoms with Gasteiger partial charge in [-0.2, -0.15) is 9.57 Å². The van der Waals surface area contributed by atoms with Crippen LogP contribution < -0.4 is 10.6 Å². The van der Waals surface area contributed by atoms with Crippen molar-refractivity contribution >= 4 is 37.7 Å². The highest BCUT2D eigenvalue weighted by Crippen LogP contribution is 2.39. The van der Waals surface area contributed by atoms with Crippen LogP contribution in [0.4, 0.5) is 16.4 Å². The summed E-state index contributed by atoms with van der Waals surface area (Å²) in [6.45, 7) is 2.80. The number of rotatable bonds is 4. The number of sulfonamides is 1. The average molecular weight is 463 g/mol. The molecule has 0 bridgehead atoms. The second-order valence-corrected chi connectivity index (χ2v) is 10.7. The molecule has 31 heavy (non-hydrogen) atoms. The third kappa shape index (κ3) is 3.85. The van der Waals surface area contributed by atoms with Gasteiger partial charge < -0.3 is 15.5 Å². The minimum atomic E-state index is -3.81. The van der Waals surface area contributed by atoms with E-state index in [4.69, 9.17) is 5.73 Å². The maximum atomic E-state index is 13.0. The normalized spacial score (nSPS) is 17.9. The highest BCUT2D eigenvalue weighted by Gasteiger charge is 2.32. The number of thiophene rings is 1. The maximum Gasteiger partial charge on any atom is 0.293 e. The zero-order chi connectivity index (χ0) is 22.3. The van der Waals surface area contributed by atoms with Crippen molar-refractivity contribution < 1.29 is 13.3 Å². The Labute approximate surface area is 184 Å². The molecule has 2 aromatic rings. The summed E-state index contributed by atoms with van der Waals surface area (Å²) in [4.78, 5) is 16.0. The minimum Gasteiger partial charge on any atom is -0.389 e. The van der Waals surface area contributed by atoms with Crippen LogP contribution in [-0.2, 0) is 23.0 Å². The van der Waals surface area contributed by atoms with E-state index in [-0.39, 0.29) is 10.6 Å². The zero-order valence-corrected chi connectivity index (χ0v) is 18.6. The first kappa shape index (κ1) is 21.5. The summed E-state index contributed by atoms with van der Waals surface area (Å²) in [5.41, 5.74) is 7.44. The molecule has 0 amide bonds. The molecule has 1 fully saturated rings. The summed E-state index contributed by atoms with van der Waals surface area (Å²) in [7, 11) is -1.89. The van der Waals surface area contributed by atoms with Gasteiger partial charge in [0, 0.05) is 43.7 Å². The fraction of sp³-hybridized carbons (Fsp3) is 0.421. The lowest BCUT2D eigenvalue weighted by atomic mass is 10.0. The summed E-state index contributed by atoms with van der Waals surface area (Å²) in [6, 6.07) is 6.23. The molecule has 10 nitrogen and oxygen atoms in total. The van der Waals surface area contributed by atoms with Crippen LogP contribution in [0, 0.1) is 21.4 Å². The van der Waals surface area contributed by atoms with Crippen LogP contribution in [-0.4, -0.2) is 62.3 Å². The lowest BCUT2D eigenvalue weighted by molar-refractivity contribution is -0.384. The molecule has 2 N–H and O–H groups in total. The number of anilines is 2. The van der Waals surface area contributed by atoms with E-state index in [2.05, 4.69) is 6.07 Å². The number of piperazine rings is 1. The van der Waals surface area contributed by atoms with Gasteiger partial charge in [-0.25, -0.2) is 8.42 Å². The number of benzene rings is 1. The van der Waals surface area contributed by atoms with Gasteiger partial charge in [0.2, 0.25) is 10.0 Å². The van der Waals surface area contributed by atoms with Gasteiger partial charge in [-0.05, 0) is 31.2 Å². The first-order chi connectivity index (χ1) is 14.7. The Hall–Kier alpha value is -2.72. The molecule has 0 atom stereocenters. The standard InChI is InChI=1S/C19H22N6O4S2/c1-22-6-8-24(9-7-22)31(28,29)13-2-3-16(17(10-13)25(26)27)23-5-4-14-15(11-20)19(21)30-18(14)12-23/h2-3,10H,4-9,12,21H2,1H3. The second kappa shape index (κ2) is 8.08. The molecule has 0 aliphatic carbocycles. The molecule has 2 aliphatic heterocycles. The number of nitrogens with two attached hydrogens (primary N) is 1. The average Bonchev–Trinajstić information content (AvgIpc) is 3.07. The van der Waals surface area contributed by atoms with Crippen molar-refractivity contribution in [2.45, 2.75) is 17.9 Å². The van der Waals surface area contributed by atoms with E-state index in [9.17, 15) is 23.8 Å². The molecule has 0 unspecified atom stereocenters. The first-order valence-corrected chi connectivity index (χ1v) is 12.0. The minimum absolute atomic E-state index is 0.0719. The number of likely N-dealkylation sites (N-methyl/N-ethyl adjacent to an activating group) is 1. The van der Waals surface area contributed by atoms with Gasteiger partial charge in [0.05, 0.1) is 21.9 Å². The molecular weight excluding hydrogens is 440 g/mol. The molecule has 3 heterocycles. The van der Waals surface area contributed by atoms with Crippen LogP contribution in [0.5, 0.6) is 0 Å². The topological polar surface area (TPSA) is 137 Å². The molecular formula is C19H22N6O4S2. The van der Waals surface area contributed by atoms with Crippen LogP contribution in [0.25, 0.3) is 0 Å². The lowest BCUT2D eigenvalue weighted by Crippen LogP contribution is -2.47. The van der Waals surface area contributed by atoms with Gasteiger partial charge in [0.25, 0.3) is 5.69 Å². The third-order valence-corrected chi connectivity index (χ3v) is 8.72. The Morgan fingerprint density at radius 3 is 2.58 bits per heavy atom. The van der Waals surface area contributed by atoms with Crippen molar-refractivity contribution in [3.05, 3.63) is 44.3 Å². The molecule has 164 valence electrons. The molecule has 0 radical (unpaired) electrons. The molecule has 4 rings (SSSR count). The van der Waals surface area contributed by atoms with E-state index in [1.165, 1.54) is 27.8 Å². The van der Waals surface area contributed by atoms with Gasteiger partial charge in [-0.3, -0.25) is 10.1 Å². The Kier molecular flexibility index (Phi) is 5.61. The molecule has 2 aliphatic rings. The highest BCUT2D eigenvalue weighted by atomic mass is 32.2. The Balaban J connectivity index is 1.66. The molecule has 0 spiro atoms. The predicted molar refractivity (Wildman–Crippen MR) is 118 cm³/mol. The number of nitrogens with zero attached hydrogens (tertiary/aromatic N) is 5. The van der Waals surface area contributed by atoms with Crippen LogP contribution in [0.2, 0.25) is 0 Å². The first-order valence-electron chi connectivity index (χ1n) is 9.74. The number of nitrogen functional groups attached to an aromatic ring is 1. The maximum absolute atomic E-state index is 13.0. The second-order valence-electron chi connectivity index (χ2n) is 7.64. The molecule has 1 aromatic heterocycles. The van der Waals surface area contributed by atoms with Crippen molar-refractivity contribution in [1.82, 2.24) is 9.21 Å². The van der Waals surface area contributed by atoms with Gasteiger partial charge in [-0.1, -0.05) is 0 Å². The van der Waals surface area contributed by atoms with Gasteiger partial charge in [0.15, 0.2) is 0 Å². The number of nitro benzene ring substituents is 1. The van der Waals surface area contributed by atoms with Crippen molar-refractivity contribution in [1.29, 1.82) is 5.26 Å². The third-order valence-electron chi connectivity index (χ3n) is 5.78. The van der Waals surface area contributed by atoms with Crippen LogP contribution in [0.15, 0.2) is 23.1 Å². The van der Waals surface area contributed by atoms with E-state index in [1.807, 2.05) is 16.8 Å². The largest absolute Gasteiger partial charge is 0.389 e. The SMILES string of the molecule is CN1CCN(S(=O)(=O)c2ccc(N3CCc4c(sc(N)c4C#N)C3)c([N+](=O)[O-])c2)CC1. The summed E-state index contributed by atoms with van der Waals surface area (Å²) in [5, 5.41) is 21.6. The van der Waals surface area contributed by atoms with Gasteiger partial charge >= 0.3 is 0 Å². The van der Waals surface area contributed by atoms with Crippen molar-refractivity contribution in [3.8, 4) is 6.07 Å². The van der Waals surface area contributed by atoms with Crippen LogP contribution in [0.1, 0.15) is 16.0 Å².